The SMILES string of the molecule is CC(=O)CCCOC(=O)CC(O)(CC(=O)O)C(=O)O. The van der Waals surface area contributed by atoms with Gasteiger partial charge in [0.05, 0.1) is 19.4 Å². The van der Waals surface area contributed by atoms with E-state index in [2.05, 4.69) is 4.74 Å². The Labute approximate surface area is 109 Å². The summed E-state index contributed by atoms with van der Waals surface area (Å²) in [5, 5.41) is 26.7. The summed E-state index contributed by atoms with van der Waals surface area (Å²) in [5.41, 5.74) is -2.69. The van der Waals surface area contributed by atoms with Gasteiger partial charge in [0, 0.05) is 6.42 Å². The minimum absolute atomic E-state index is 0.0797. The number of carbonyl (C=O) groups excluding carboxylic acids is 2. The van der Waals surface area contributed by atoms with Crippen LogP contribution in [0.4, 0.5) is 0 Å². The number of aliphatic hydroxyl groups is 1. The monoisotopic (exact) mass is 276 g/mol. The smallest absolute Gasteiger partial charge is 0.336 e. The molecule has 0 fully saturated rings. The number of carboxylic acids is 2. The molecule has 8 heteroatoms. The number of Topliss-reactive ketones (excluding diaryl/α,β-unsaturated/α-hetero) is 1. The van der Waals surface area contributed by atoms with Crippen LogP contribution in [0, 0.1) is 0 Å². The number of aliphatic carboxylic acids is 2. The minimum Gasteiger partial charge on any atom is -0.481 e. The van der Waals surface area contributed by atoms with Gasteiger partial charge >= 0.3 is 17.9 Å². The molecule has 8 nitrogen and oxygen atoms in total. The Bertz CT molecular complexity index is 375. The molecule has 0 amide bonds. The Morgan fingerprint density at radius 3 is 2.11 bits per heavy atom. The van der Waals surface area contributed by atoms with Crippen LogP contribution in [-0.4, -0.2) is 51.2 Å². The van der Waals surface area contributed by atoms with Gasteiger partial charge in [0.1, 0.15) is 5.78 Å². The second-order valence-corrected chi connectivity index (χ2v) is 4.11. The van der Waals surface area contributed by atoms with Gasteiger partial charge in [0.25, 0.3) is 0 Å². The van der Waals surface area contributed by atoms with E-state index in [1.165, 1.54) is 6.92 Å². The van der Waals surface area contributed by atoms with Crippen molar-refractivity contribution in [2.24, 2.45) is 0 Å². The second kappa shape index (κ2) is 7.47. The predicted octanol–water partition coefficient (Wildman–Crippen LogP) is -0.421. The summed E-state index contributed by atoms with van der Waals surface area (Å²) in [7, 11) is 0. The van der Waals surface area contributed by atoms with Gasteiger partial charge in [0.2, 0.25) is 0 Å². The van der Waals surface area contributed by atoms with Crippen LogP contribution in [0.15, 0.2) is 0 Å². The number of hydrogen-bond donors (Lipinski definition) is 3. The zero-order valence-electron chi connectivity index (χ0n) is 10.4. The maximum Gasteiger partial charge on any atom is 0.336 e. The van der Waals surface area contributed by atoms with E-state index < -0.39 is 36.4 Å². The molecule has 1 atom stereocenters. The van der Waals surface area contributed by atoms with E-state index >= 15 is 0 Å². The number of hydrogen-bond acceptors (Lipinski definition) is 6. The van der Waals surface area contributed by atoms with Crippen molar-refractivity contribution in [3.8, 4) is 0 Å². The van der Waals surface area contributed by atoms with Crippen LogP contribution in [0.25, 0.3) is 0 Å². The van der Waals surface area contributed by atoms with Crippen LogP contribution in [0.5, 0.6) is 0 Å². The molecule has 0 aliphatic carbocycles. The molecule has 0 aliphatic heterocycles. The van der Waals surface area contributed by atoms with Gasteiger partial charge < -0.3 is 24.9 Å². The summed E-state index contributed by atoms with van der Waals surface area (Å²) >= 11 is 0. The number of esters is 1. The van der Waals surface area contributed by atoms with E-state index in [1.54, 1.807) is 0 Å². The fourth-order valence-corrected chi connectivity index (χ4v) is 1.26. The lowest BCUT2D eigenvalue weighted by molar-refractivity contribution is -0.172. The Morgan fingerprint density at radius 2 is 1.68 bits per heavy atom. The Morgan fingerprint density at radius 1 is 1.11 bits per heavy atom. The van der Waals surface area contributed by atoms with E-state index in [9.17, 15) is 24.3 Å². The molecule has 0 aliphatic rings. The van der Waals surface area contributed by atoms with E-state index in [-0.39, 0.29) is 25.2 Å². The molecule has 19 heavy (non-hydrogen) atoms. The summed E-state index contributed by atoms with van der Waals surface area (Å²) in [6.07, 6.45) is -1.57. The first-order chi connectivity index (χ1) is 8.67. The third-order valence-corrected chi connectivity index (χ3v) is 2.21. The third kappa shape index (κ3) is 7.14. The molecule has 3 N–H and O–H groups in total. The lowest BCUT2D eigenvalue weighted by Gasteiger charge is -2.20. The van der Waals surface area contributed by atoms with E-state index in [4.69, 9.17) is 10.2 Å². The fourth-order valence-electron chi connectivity index (χ4n) is 1.26. The molecule has 0 spiro atoms. The number of ether oxygens (including phenoxy) is 1. The van der Waals surface area contributed by atoms with Crippen molar-refractivity contribution in [3.05, 3.63) is 0 Å². The molecule has 0 heterocycles. The van der Waals surface area contributed by atoms with E-state index in [1.807, 2.05) is 0 Å². The van der Waals surface area contributed by atoms with Crippen LogP contribution in [0.2, 0.25) is 0 Å². The second-order valence-electron chi connectivity index (χ2n) is 4.11. The van der Waals surface area contributed by atoms with Gasteiger partial charge in [-0.2, -0.15) is 0 Å². The zero-order chi connectivity index (χ0) is 15.1. The Hall–Kier alpha value is -1.96. The van der Waals surface area contributed by atoms with Gasteiger partial charge in [-0.1, -0.05) is 0 Å². The minimum atomic E-state index is -2.69. The molecule has 0 saturated heterocycles. The first-order valence-electron chi connectivity index (χ1n) is 5.50. The van der Waals surface area contributed by atoms with Crippen LogP contribution >= 0.6 is 0 Å². The van der Waals surface area contributed by atoms with Crippen molar-refractivity contribution in [2.75, 3.05) is 6.61 Å². The predicted molar refractivity (Wildman–Crippen MR) is 60.3 cm³/mol. The summed E-state index contributed by atoms with van der Waals surface area (Å²) < 4.78 is 4.61. The molecule has 0 aromatic carbocycles. The fraction of sp³-hybridized carbons (Fsp3) is 0.636. The highest BCUT2D eigenvalue weighted by molar-refractivity contribution is 5.88. The quantitative estimate of drug-likeness (QED) is 0.381. The number of rotatable bonds is 9. The van der Waals surface area contributed by atoms with E-state index in [0.29, 0.717) is 0 Å². The number of carbonyl (C=O) groups is 4. The van der Waals surface area contributed by atoms with Gasteiger partial charge in [-0.3, -0.25) is 9.59 Å². The Balaban J connectivity index is 4.29. The topological polar surface area (TPSA) is 138 Å². The molecule has 1 unspecified atom stereocenters. The normalized spacial score (nSPS) is 13.4. The molecule has 0 radical (unpaired) electrons. The number of carboxylic acid groups (broad SMARTS) is 2. The summed E-state index contributed by atoms with van der Waals surface area (Å²) in [4.78, 5) is 43.0. The van der Waals surface area contributed by atoms with Crippen LogP contribution in [0.1, 0.15) is 32.6 Å². The summed E-state index contributed by atoms with van der Waals surface area (Å²) in [5.74, 6) is -4.47. The maximum absolute atomic E-state index is 11.3. The number of ketones is 1. The van der Waals surface area contributed by atoms with Gasteiger partial charge in [-0.25, -0.2) is 4.79 Å². The van der Waals surface area contributed by atoms with Crippen molar-refractivity contribution in [1.82, 2.24) is 0 Å². The standard InChI is InChI=1S/C11H16O8/c1-7(12)3-2-4-19-9(15)6-11(18,10(16)17)5-8(13)14/h18H,2-6H2,1H3,(H,13,14)(H,16,17). The average Bonchev–Trinajstić information content (AvgIpc) is 2.22. The summed E-state index contributed by atoms with van der Waals surface area (Å²) in [6, 6.07) is 0. The van der Waals surface area contributed by atoms with Crippen molar-refractivity contribution < 1.29 is 39.2 Å². The largest absolute Gasteiger partial charge is 0.481 e. The lowest BCUT2D eigenvalue weighted by atomic mass is 9.96. The van der Waals surface area contributed by atoms with Crippen molar-refractivity contribution in [2.45, 2.75) is 38.2 Å². The third-order valence-electron chi connectivity index (χ3n) is 2.21. The molecule has 0 aromatic heterocycles. The van der Waals surface area contributed by atoms with E-state index in [0.717, 1.165) is 0 Å². The zero-order valence-corrected chi connectivity index (χ0v) is 10.4. The van der Waals surface area contributed by atoms with Crippen LogP contribution < -0.4 is 0 Å². The maximum atomic E-state index is 11.3. The lowest BCUT2D eigenvalue weighted by Crippen LogP contribution is -2.43. The molecule has 0 aromatic rings. The van der Waals surface area contributed by atoms with Crippen LogP contribution in [0.3, 0.4) is 0 Å². The first-order valence-corrected chi connectivity index (χ1v) is 5.50. The highest BCUT2D eigenvalue weighted by atomic mass is 16.5. The van der Waals surface area contributed by atoms with Gasteiger partial charge in [-0.15, -0.1) is 0 Å². The molecule has 108 valence electrons. The molecule has 0 saturated carbocycles. The van der Waals surface area contributed by atoms with Crippen molar-refractivity contribution in [1.29, 1.82) is 0 Å². The van der Waals surface area contributed by atoms with Crippen molar-refractivity contribution in [3.63, 3.8) is 0 Å². The average molecular weight is 276 g/mol. The highest BCUT2D eigenvalue weighted by Crippen LogP contribution is 2.17. The highest BCUT2D eigenvalue weighted by Gasteiger charge is 2.41. The molecule has 0 rings (SSSR count). The Kier molecular flexibility index (Phi) is 6.70. The van der Waals surface area contributed by atoms with Crippen molar-refractivity contribution >= 4 is 23.7 Å². The summed E-state index contributed by atoms with van der Waals surface area (Å²) in [6.45, 7) is 1.28. The molecular weight excluding hydrogens is 260 g/mol. The van der Waals surface area contributed by atoms with Gasteiger partial charge in [0.15, 0.2) is 5.60 Å². The molecular formula is C11H16O8. The first kappa shape index (κ1) is 17.0. The van der Waals surface area contributed by atoms with Crippen LogP contribution in [-0.2, 0) is 23.9 Å². The molecule has 0 bridgehead atoms. The van der Waals surface area contributed by atoms with Gasteiger partial charge in [-0.05, 0) is 13.3 Å².